The first-order chi connectivity index (χ1) is 12.0. The number of aryl methyl sites for hydroxylation is 1. The molecule has 2 aromatic rings. The van der Waals surface area contributed by atoms with Crippen LogP contribution in [0.3, 0.4) is 0 Å². The Labute approximate surface area is 151 Å². The van der Waals surface area contributed by atoms with Crippen molar-refractivity contribution in [1.29, 1.82) is 0 Å². The molecule has 0 saturated heterocycles. The minimum absolute atomic E-state index is 0.0545. The van der Waals surface area contributed by atoms with Crippen LogP contribution < -0.4 is 10.5 Å². The van der Waals surface area contributed by atoms with Crippen LogP contribution in [0.15, 0.2) is 44.5 Å². The summed E-state index contributed by atoms with van der Waals surface area (Å²) in [5.74, 6) is 1.22. The van der Waals surface area contributed by atoms with Crippen molar-refractivity contribution in [3.05, 3.63) is 57.6 Å². The monoisotopic (exact) mass is 358 g/mol. The van der Waals surface area contributed by atoms with Gasteiger partial charge in [0.1, 0.15) is 17.1 Å². The zero-order chi connectivity index (χ0) is 18.0. The third-order valence-electron chi connectivity index (χ3n) is 4.22. The van der Waals surface area contributed by atoms with Crippen molar-refractivity contribution in [2.45, 2.75) is 18.6 Å². The van der Waals surface area contributed by atoms with Gasteiger partial charge in [-0.1, -0.05) is 12.1 Å². The van der Waals surface area contributed by atoms with E-state index in [2.05, 4.69) is 34.2 Å². The summed E-state index contributed by atoms with van der Waals surface area (Å²) in [4.78, 5) is 18.8. The maximum Gasteiger partial charge on any atom is 0.348 e. The second-order valence-electron chi connectivity index (χ2n) is 6.28. The van der Waals surface area contributed by atoms with Gasteiger partial charge in [0.15, 0.2) is 0 Å². The third-order valence-corrected chi connectivity index (χ3v) is 5.47. The highest BCUT2D eigenvalue weighted by atomic mass is 32.2. The van der Waals surface area contributed by atoms with Crippen LogP contribution >= 0.6 is 11.8 Å². The Morgan fingerprint density at radius 3 is 2.64 bits per heavy atom. The Morgan fingerprint density at radius 2 is 2.00 bits per heavy atom. The van der Waals surface area contributed by atoms with E-state index in [1.165, 1.54) is 11.6 Å². The van der Waals surface area contributed by atoms with Crippen LogP contribution in [0.4, 0.5) is 5.69 Å². The first-order valence-electron chi connectivity index (χ1n) is 8.22. The largest absolute Gasteiger partial charge is 0.507 e. The quantitative estimate of drug-likeness (QED) is 0.911. The van der Waals surface area contributed by atoms with E-state index in [1.807, 2.05) is 25.9 Å². The molecule has 0 saturated carbocycles. The summed E-state index contributed by atoms with van der Waals surface area (Å²) < 4.78 is 5.16. The number of nitrogens with zero attached hydrogens (tertiary/aromatic N) is 2. The normalized spacial score (nSPS) is 17.7. The fourth-order valence-electron chi connectivity index (χ4n) is 2.92. The van der Waals surface area contributed by atoms with E-state index >= 15 is 0 Å². The van der Waals surface area contributed by atoms with Crippen LogP contribution in [0.25, 0.3) is 0 Å². The van der Waals surface area contributed by atoms with Gasteiger partial charge in [0.05, 0.1) is 5.71 Å². The van der Waals surface area contributed by atoms with Gasteiger partial charge in [-0.25, -0.2) is 4.79 Å². The molecule has 1 aliphatic rings. The maximum absolute atomic E-state index is 12.2. The van der Waals surface area contributed by atoms with Crippen LogP contribution in [0.2, 0.25) is 0 Å². The van der Waals surface area contributed by atoms with Crippen LogP contribution in [-0.4, -0.2) is 37.2 Å². The molecule has 1 aromatic carbocycles. The molecule has 0 fully saturated rings. The minimum atomic E-state index is -0.523. The molecule has 0 bridgehead atoms. The summed E-state index contributed by atoms with van der Waals surface area (Å²) in [7, 11) is 4.03. The second kappa shape index (κ2) is 7.35. The van der Waals surface area contributed by atoms with Gasteiger partial charge in [-0.2, -0.15) is 11.8 Å². The Hall–Kier alpha value is -2.21. The molecule has 0 radical (unpaired) electrons. The van der Waals surface area contributed by atoms with E-state index in [0.29, 0.717) is 24.4 Å². The first kappa shape index (κ1) is 17.6. The fourth-order valence-corrected chi connectivity index (χ4v) is 4.03. The Morgan fingerprint density at radius 1 is 1.28 bits per heavy atom. The lowest BCUT2D eigenvalue weighted by Gasteiger charge is -2.18. The van der Waals surface area contributed by atoms with E-state index in [1.54, 1.807) is 6.92 Å². The van der Waals surface area contributed by atoms with Crippen molar-refractivity contribution in [3.8, 4) is 5.75 Å². The summed E-state index contributed by atoms with van der Waals surface area (Å²) in [5, 5.41) is 10.4. The maximum atomic E-state index is 12.2. The third kappa shape index (κ3) is 3.90. The lowest BCUT2D eigenvalue weighted by molar-refractivity contribution is 0.432. The molecule has 1 atom stereocenters. The number of benzene rings is 1. The number of hydrogen-bond acceptors (Lipinski definition) is 6. The van der Waals surface area contributed by atoms with Gasteiger partial charge < -0.3 is 14.4 Å². The van der Waals surface area contributed by atoms with E-state index in [-0.39, 0.29) is 16.6 Å². The molecule has 1 unspecified atom stereocenters. The molecule has 3 rings (SSSR count). The predicted octanol–water partition coefficient (Wildman–Crippen LogP) is 3.39. The van der Waals surface area contributed by atoms with Crippen LogP contribution in [0, 0.1) is 6.92 Å². The Bertz CT molecular complexity index is 841. The van der Waals surface area contributed by atoms with Gasteiger partial charge in [-0.15, -0.1) is 0 Å². The van der Waals surface area contributed by atoms with Gasteiger partial charge in [-0.05, 0) is 24.6 Å². The number of aliphatic imine (C=N–C) groups is 1. The lowest BCUT2D eigenvalue weighted by Crippen LogP contribution is -2.17. The molecule has 1 N–H and O–H groups in total. The Balaban J connectivity index is 1.91. The molecular formula is C19H22N2O3S. The molecule has 1 aromatic heterocycles. The lowest BCUT2D eigenvalue weighted by atomic mass is 10.0. The van der Waals surface area contributed by atoms with Gasteiger partial charge >= 0.3 is 5.63 Å². The summed E-state index contributed by atoms with van der Waals surface area (Å²) in [5.41, 5.74) is 2.64. The summed E-state index contributed by atoms with van der Waals surface area (Å²) in [6.07, 6.45) is 0.591. The predicted molar refractivity (Wildman–Crippen MR) is 103 cm³/mol. The molecule has 6 heteroatoms. The molecule has 2 heterocycles. The molecular weight excluding hydrogens is 336 g/mol. The fraction of sp³-hybridized carbons (Fsp3) is 0.368. The summed E-state index contributed by atoms with van der Waals surface area (Å²) in [6, 6.07) is 9.89. The number of thioether (sulfide) groups is 1. The number of hydrogen-bond donors (Lipinski definition) is 1. The molecule has 0 spiro atoms. The zero-order valence-corrected chi connectivity index (χ0v) is 15.5. The molecule has 25 heavy (non-hydrogen) atoms. The highest BCUT2D eigenvalue weighted by Gasteiger charge is 2.23. The average molecular weight is 358 g/mol. The zero-order valence-electron chi connectivity index (χ0n) is 14.7. The van der Waals surface area contributed by atoms with Crippen LogP contribution in [0.5, 0.6) is 5.75 Å². The van der Waals surface area contributed by atoms with E-state index in [9.17, 15) is 9.90 Å². The van der Waals surface area contributed by atoms with E-state index < -0.39 is 5.63 Å². The Kier molecular flexibility index (Phi) is 5.18. The highest BCUT2D eigenvalue weighted by Crippen LogP contribution is 2.36. The summed E-state index contributed by atoms with van der Waals surface area (Å²) >= 11 is 1.82. The highest BCUT2D eigenvalue weighted by molar-refractivity contribution is 7.99. The average Bonchev–Trinajstić information content (AvgIpc) is 2.80. The summed E-state index contributed by atoms with van der Waals surface area (Å²) in [6.45, 7) is 2.27. The van der Waals surface area contributed by atoms with E-state index in [0.717, 1.165) is 11.4 Å². The smallest absolute Gasteiger partial charge is 0.348 e. The van der Waals surface area contributed by atoms with Crippen LogP contribution in [-0.2, 0) is 0 Å². The van der Waals surface area contributed by atoms with Crippen molar-refractivity contribution in [1.82, 2.24) is 0 Å². The second-order valence-corrected chi connectivity index (χ2v) is 7.59. The van der Waals surface area contributed by atoms with Crippen molar-refractivity contribution >= 4 is 23.2 Å². The van der Waals surface area contributed by atoms with Gasteiger partial charge in [0.25, 0.3) is 0 Å². The number of rotatable bonds is 3. The van der Waals surface area contributed by atoms with Crippen molar-refractivity contribution in [2.24, 2.45) is 4.99 Å². The number of anilines is 1. The minimum Gasteiger partial charge on any atom is -0.507 e. The number of aromatic hydroxyl groups is 1. The molecule has 0 aliphatic carbocycles. The van der Waals surface area contributed by atoms with Gasteiger partial charge in [0.2, 0.25) is 0 Å². The van der Waals surface area contributed by atoms with Crippen LogP contribution in [0.1, 0.15) is 28.6 Å². The molecule has 132 valence electrons. The molecule has 5 nitrogen and oxygen atoms in total. The molecule has 0 amide bonds. The SMILES string of the molecule is Cc1cc(O)c(C2=NCCSC(c3ccc(N(C)C)cc3)C2)c(=O)o1. The van der Waals surface area contributed by atoms with Crippen molar-refractivity contribution < 1.29 is 9.52 Å². The standard InChI is InChI=1S/C19H22N2O3S/c1-12-10-16(22)18(19(23)24-12)15-11-17(25-9-8-20-15)13-4-6-14(7-5-13)21(2)3/h4-7,10,17,22H,8-9,11H2,1-3H3. The van der Waals surface area contributed by atoms with Crippen molar-refractivity contribution in [2.75, 3.05) is 31.3 Å². The molecule has 1 aliphatic heterocycles. The van der Waals surface area contributed by atoms with Gasteiger partial charge in [-0.3, -0.25) is 4.99 Å². The van der Waals surface area contributed by atoms with Crippen molar-refractivity contribution in [3.63, 3.8) is 0 Å². The topological polar surface area (TPSA) is 66.0 Å². The van der Waals surface area contributed by atoms with Gasteiger partial charge in [0, 0.05) is 49.8 Å². The first-order valence-corrected chi connectivity index (χ1v) is 9.27. The van der Waals surface area contributed by atoms with E-state index in [4.69, 9.17) is 4.42 Å².